The van der Waals surface area contributed by atoms with Crippen LogP contribution in [0, 0.1) is 17.3 Å². The van der Waals surface area contributed by atoms with Gasteiger partial charge in [0.05, 0.1) is 45.9 Å². The van der Waals surface area contributed by atoms with Gasteiger partial charge in [0.15, 0.2) is 5.69 Å². The largest absolute Gasteiger partial charge is 0.466 e. The Balaban J connectivity index is 1.46. The number of hydrogen-bond acceptors (Lipinski definition) is 6. The van der Waals surface area contributed by atoms with Crippen LogP contribution >= 0.6 is 23.2 Å². The number of alkyl halides is 3. The van der Waals surface area contributed by atoms with Gasteiger partial charge in [-0.15, -0.1) is 0 Å². The highest BCUT2D eigenvalue weighted by Crippen LogP contribution is 2.46. The minimum Gasteiger partial charge on any atom is -0.466 e. The van der Waals surface area contributed by atoms with E-state index < -0.39 is 46.9 Å². The van der Waals surface area contributed by atoms with Gasteiger partial charge >= 0.3 is 12.1 Å². The highest BCUT2D eigenvalue weighted by molar-refractivity contribution is 6.35. The van der Waals surface area contributed by atoms with E-state index in [2.05, 4.69) is 10.1 Å². The molecule has 3 atom stereocenters. The molecule has 3 heterocycles. The van der Waals surface area contributed by atoms with Crippen molar-refractivity contribution in [2.75, 3.05) is 13.2 Å². The maximum Gasteiger partial charge on any atom is 0.433 e. The van der Waals surface area contributed by atoms with Crippen LogP contribution in [0.5, 0.6) is 0 Å². The fourth-order valence-corrected chi connectivity index (χ4v) is 8.09. The molecule has 1 amide bonds. The van der Waals surface area contributed by atoms with Gasteiger partial charge in [0.25, 0.3) is 5.91 Å². The van der Waals surface area contributed by atoms with E-state index in [1.165, 1.54) is 17.3 Å². The quantitative estimate of drug-likeness (QED) is 0.311. The van der Waals surface area contributed by atoms with Crippen LogP contribution in [0.3, 0.4) is 0 Å². The van der Waals surface area contributed by atoms with Gasteiger partial charge in [-0.1, -0.05) is 55.3 Å². The topological polar surface area (TPSA) is 97.6 Å². The second kappa shape index (κ2) is 13.2. The zero-order valence-corrected chi connectivity index (χ0v) is 26.5. The third kappa shape index (κ3) is 6.47. The number of halogens is 5. The van der Waals surface area contributed by atoms with E-state index in [9.17, 15) is 27.9 Å². The summed E-state index contributed by atoms with van der Waals surface area (Å²) in [6.07, 6.45) is 4.36. The van der Waals surface area contributed by atoms with E-state index in [1.54, 1.807) is 13.8 Å². The Kier molecular flexibility index (Phi) is 9.87. The third-order valence-corrected chi connectivity index (χ3v) is 10.6. The zero-order chi connectivity index (χ0) is 31.8. The van der Waals surface area contributed by atoms with Crippen LogP contribution in [-0.2, 0) is 15.7 Å². The summed E-state index contributed by atoms with van der Waals surface area (Å²) in [5, 5.41) is 15.9. The standard InChI is InChI=1S/C31H39Cl2F3N4O4/c1-3-44-29(43)30(2)11-9-20(10-12-30)40-27(31(34,35)36)21(14-38-40)28(42)39-17-19(18-7-5-4-6-8-18)13-24(39)26(41)25-22(32)15-37-16-23(25)33/h14-16,18-20,24,26,41H,3-13,17H2,1-2H3/t19-,20-,24?,26?,30-/m1/s1. The average molecular weight is 660 g/mol. The molecule has 44 heavy (non-hydrogen) atoms. The second-order valence-corrected chi connectivity index (χ2v) is 13.6. The summed E-state index contributed by atoms with van der Waals surface area (Å²) in [7, 11) is 0. The van der Waals surface area contributed by atoms with E-state index in [1.807, 2.05) is 0 Å². The maximum atomic E-state index is 14.7. The molecule has 2 aromatic heterocycles. The van der Waals surface area contributed by atoms with Crippen LogP contribution in [0.15, 0.2) is 18.6 Å². The summed E-state index contributed by atoms with van der Waals surface area (Å²) >= 11 is 12.7. The monoisotopic (exact) mass is 658 g/mol. The average Bonchev–Trinajstić information content (AvgIpc) is 3.64. The molecular formula is C31H39Cl2F3N4O4. The van der Waals surface area contributed by atoms with E-state index in [-0.39, 0.29) is 53.5 Å². The molecule has 0 spiro atoms. The van der Waals surface area contributed by atoms with Crippen molar-refractivity contribution in [2.45, 2.75) is 102 Å². The molecular weight excluding hydrogens is 620 g/mol. The van der Waals surface area contributed by atoms with Crippen molar-refractivity contribution in [2.24, 2.45) is 17.3 Å². The van der Waals surface area contributed by atoms with Crippen molar-refractivity contribution < 1.29 is 32.6 Å². The number of ether oxygens (including phenoxy) is 1. The van der Waals surface area contributed by atoms with E-state index in [0.29, 0.717) is 25.2 Å². The minimum absolute atomic E-state index is 0.0153. The molecule has 0 aromatic carbocycles. The van der Waals surface area contributed by atoms with Gasteiger partial charge in [0.1, 0.15) is 6.10 Å². The van der Waals surface area contributed by atoms with Gasteiger partial charge in [-0.25, -0.2) is 0 Å². The number of rotatable bonds is 7. The van der Waals surface area contributed by atoms with Gasteiger partial charge in [-0.3, -0.25) is 19.3 Å². The van der Waals surface area contributed by atoms with Crippen molar-refractivity contribution in [3.63, 3.8) is 0 Å². The van der Waals surface area contributed by atoms with Crippen molar-refractivity contribution in [1.82, 2.24) is 19.7 Å². The van der Waals surface area contributed by atoms with Crippen LogP contribution in [-0.4, -0.2) is 55.8 Å². The number of aromatic nitrogens is 3. The Hall–Kier alpha value is -2.37. The van der Waals surface area contributed by atoms with Gasteiger partial charge < -0.3 is 14.7 Å². The van der Waals surface area contributed by atoms with Crippen molar-refractivity contribution in [3.05, 3.63) is 45.5 Å². The Bertz CT molecular complexity index is 1340. The molecule has 0 radical (unpaired) electrons. The Morgan fingerprint density at radius 2 is 1.70 bits per heavy atom. The predicted octanol–water partition coefficient (Wildman–Crippen LogP) is 7.43. The predicted molar refractivity (Wildman–Crippen MR) is 158 cm³/mol. The number of aliphatic hydroxyl groups is 1. The van der Waals surface area contributed by atoms with E-state index in [0.717, 1.165) is 43.0 Å². The number of pyridine rings is 1. The van der Waals surface area contributed by atoms with Crippen molar-refractivity contribution in [1.29, 1.82) is 0 Å². The molecule has 1 saturated heterocycles. The maximum absolute atomic E-state index is 14.7. The van der Waals surface area contributed by atoms with Gasteiger partial charge in [-0.05, 0) is 57.8 Å². The summed E-state index contributed by atoms with van der Waals surface area (Å²) in [5.41, 5.74) is -2.24. The lowest BCUT2D eigenvalue weighted by Gasteiger charge is -2.36. The van der Waals surface area contributed by atoms with Crippen LogP contribution < -0.4 is 0 Å². The number of hydrogen-bond donors (Lipinski definition) is 1. The molecule has 0 bridgehead atoms. The molecule has 2 aromatic rings. The molecule has 5 rings (SSSR count). The summed E-state index contributed by atoms with van der Waals surface area (Å²) < 4.78 is 50.3. The molecule has 242 valence electrons. The smallest absolute Gasteiger partial charge is 0.433 e. The first-order chi connectivity index (χ1) is 20.9. The van der Waals surface area contributed by atoms with Gasteiger partial charge in [-0.2, -0.15) is 18.3 Å². The summed E-state index contributed by atoms with van der Waals surface area (Å²) in [6.45, 7) is 3.93. The highest BCUT2D eigenvalue weighted by atomic mass is 35.5. The van der Waals surface area contributed by atoms with Crippen molar-refractivity contribution >= 4 is 35.1 Å². The minimum atomic E-state index is -4.86. The Morgan fingerprint density at radius 1 is 1.07 bits per heavy atom. The van der Waals surface area contributed by atoms with Gasteiger partial charge in [0.2, 0.25) is 0 Å². The van der Waals surface area contributed by atoms with Gasteiger partial charge in [0, 0.05) is 24.5 Å². The molecule has 2 aliphatic carbocycles. The SMILES string of the molecule is CCOC(=O)[C@]1(C)CC[C@@H](n2ncc(C(=O)N3C[C@H](C4CCCCC4)CC3C(O)c3c(Cl)cncc3Cl)c2C(F)(F)F)CC1. The molecule has 13 heteroatoms. The first kappa shape index (κ1) is 33.0. The highest BCUT2D eigenvalue weighted by Gasteiger charge is 2.49. The number of aliphatic hydroxyl groups excluding tert-OH is 1. The Morgan fingerprint density at radius 3 is 2.30 bits per heavy atom. The van der Waals surface area contributed by atoms with E-state index in [4.69, 9.17) is 27.9 Å². The lowest BCUT2D eigenvalue weighted by atomic mass is 9.74. The number of likely N-dealkylation sites (tertiary alicyclic amines) is 1. The summed E-state index contributed by atoms with van der Waals surface area (Å²) in [6, 6.07) is -1.48. The zero-order valence-electron chi connectivity index (χ0n) is 25.0. The molecule has 2 saturated carbocycles. The number of amides is 1. The van der Waals surface area contributed by atoms with E-state index >= 15 is 0 Å². The molecule has 3 fully saturated rings. The fraction of sp³-hybridized carbons (Fsp3) is 0.677. The lowest BCUT2D eigenvalue weighted by molar-refractivity contribution is -0.157. The third-order valence-electron chi connectivity index (χ3n) is 9.97. The number of esters is 1. The van der Waals surface area contributed by atoms with Crippen LogP contribution in [0.25, 0.3) is 0 Å². The first-order valence-electron chi connectivity index (χ1n) is 15.5. The van der Waals surface area contributed by atoms with Crippen molar-refractivity contribution in [3.8, 4) is 0 Å². The molecule has 1 N–H and O–H groups in total. The Labute approximate surface area is 265 Å². The lowest BCUT2D eigenvalue weighted by Crippen LogP contribution is -2.40. The van der Waals surface area contributed by atoms with Crippen LogP contribution in [0.2, 0.25) is 10.0 Å². The molecule has 1 aliphatic heterocycles. The fourth-order valence-electron chi connectivity index (χ4n) is 7.50. The number of carbonyl (C=O) groups is 2. The summed E-state index contributed by atoms with van der Waals surface area (Å²) in [5.74, 6) is -0.868. The normalized spacial score (nSPS) is 27.4. The molecule has 2 unspecified atom stereocenters. The summed E-state index contributed by atoms with van der Waals surface area (Å²) in [4.78, 5) is 31.9. The van der Waals surface area contributed by atoms with Crippen LogP contribution in [0.4, 0.5) is 13.2 Å². The number of carbonyl (C=O) groups excluding carboxylic acids is 2. The van der Waals surface area contributed by atoms with Crippen LogP contribution in [0.1, 0.15) is 112 Å². The first-order valence-corrected chi connectivity index (χ1v) is 16.2. The second-order valence-electron chi connectivity index (χ2n) is 12.7. The molecule has 8 nitrogen and oxygen atoms in total. The number of nitrogens with zero attached hydrogens (tertiary/aromatic N) is 4. The molecule has 3 aliphatic rings.